The predicted octanol–water partition coefficient (Wildman–Crippen LogP) is 0.183. The van der Waals surface area contributed by atoms with Crippen LogP contribution in [0, 0.1) is 5.92 Å². The van der Waals surface area contributed by atoms with Crippen LogP contribution in [0.5, 0.6) is 0 Å². The number of aromatic nitrogens is 1. The summed E-state index contributed by atoms with van der Waals surface area (Å²) in [6.07, 6.45) is 4.11. The van der Waals surface area contributed by atoms with Gasteiger partial charge in [0, 0.05) is 30.2 Å². The average Bonchev–Trinajstić information content (AvgIpc) is 3.60. The number of aromatic amines is 1. The Morgan fingerprint density at radius 3 is 2.59 bits per heavy atom. The number of benzene rings is 1. The normalized spacial score (nSPS) is 17.8. The molecule has 1 aromatic carbocycles. The maximum atomic E-state index is 13.6. The fourth-order valence-electron chi connectivity index (χ4n) is 5.10. The van der Waals surface area contributed by atoms with Gasteiger partial charge in [-0.05, 0) is 49.7 Å². The lowest BCUT2D eigenvalue weighted by atomic mass is 9.96. The molecule has 2 heterocycles. The van der Waals surface area contributed by atoms with E-state index in [0.29, 0.717) is 25.7 Å². The number of nitrogens with two attached hydrogens (primary N) is 3. The summed E-state index contributed by atoms with van der Waals surface area (Å²) < 4.78 is 0. The number of fused-ring (bicyclic) bond motifs is 1. The van der Waals surface area contributed by atoms with Crippen molar-refractivity contribution in [1.29, 1.82) is 0 Å². The number of hydrogen-bond donors (Lipinski definition) is 7. The molecular formula is C28H42N8O5. The summed E-state index contributed by atoms with van der Waals surface area (Å²) in [6, 6.07) is 3.87. The van der Waals surface area contributed by atoms with Crippen LogP contribution in [0.1, 0.15) is 51.5 Å². The van der Waals surface area contributed by atoms with Gasteiger partial charge in [0.05, 0.1) is 6.04 Å². The number of aliphatic carboxylic acids is 1. The highest BCUT2D eigenvalue weighted by molar-refractivity contribution is 5.94. The Balaban J connectivity index is 1.73. The first kappa shape index (κ1) is 31.4. The standard InChI is InChI=1S/C28H42N8O5/c1-3-16(2)23(35-24(37)19(29)14-17-15-33-20-9-5-4-8-18(17)20)25(38)34-21(10-6-12-32-28(30)31)26(39)36-13-7-11-22(36)27(40)41/h4-5,8-9,15-16,19,21-23,33H,3,6-7,10-14,29H2,1-2H3,(H,34,38)(H,35,37)(H,40,41)(H4,30,31,32). The number of nitrogens with one attached hydrogen (secondary N) is 3. The van der Waals surface area contributed by atoms with Crippen LogP contribution < -0.4 is 27.8 Å². The highest BCUT2D eigenvalue weighted by Gasteiger charge is 2.38. The van der Waals surface area contributed by atoms with Crippen molar-refractivity contribution in [3.63, 3.8) is 0 Å². The molecule has 0 saturated carbocycles. The summed E-state index contributed by atoms with van der Waals surface area (Å²) in [7, 11) is 0. The van der Waals surface area contributed by atoms with E-state index in [1.807, 2.05) is 44.3 Å². The molecule has 1 aliphatic rings. The number of amides is 3. The lowest BCUT2D eigenvalue weighted by Gasteiger charge is -2.30. The van der Waals surface area contributed by atoms with Gasteiger partial charge in [-0.1, -0.05) is 38.5 Å². The molecule has 10 N–H and O–H groups in total. The van der Waals surface area contributed by atoms with Gasteiger partial charge in [0.15, 0.2) is 5.96 Å². The maximum Gasteiger partial charge on any atom is 0.326 e. The first-order valence-corrected chi connectivity index (χ1v) is 14.0. The van der Waals surface area contributed by atoms with E-state index in [-0.39, 0.29) is 37.8 Å². The van der Waals surface area contributed by atoms with Crippen LogP contribution in [0.3, 0.4) is 0 Å². The van der Waals surface area contributed by atoms with Gasteiger partial charge in [-0.2, -0.15) is 0 Å². The van der Waals surface area contributed by atoms with Crippen LogP contribution in [-0.2, 0) is 25.6 Å². The zero-order valence-electron chi connectivity index (χ0n) is 23.6. The minimum Gasteiger partial charge on any atom is -0.480 e. The Morgan fingerprint density at radius 1 is 1.17 bits per heavy atom. The fourth-order valence-corrected chi connectivity index (χ4v) is 5.10. The number of hydrogen-bond acceptors (Lipinski definition) is 6. The van der Waals surface area contributed by atoms with Crippen molar-refractivity contribution in [2.75, 3.05) is 13.1 Å². The molecule has 2 aromatic rings. The van der Waals surface area contributed by atoms with E-state index in [4.69, 9.17) is 17.2 Å². The van der Waals surface area contributed by atoms with Crippen LogP contribution in [0.4, 0.5) is 0 Å². The monoisotopic (exact) mass is 570 g/mol. The van der Waals surface area contributed by atoms with Gasteiger partial charge in [0.1, 0.15) is 18.1 Å². The Hall–Kier alpha value is -4.13. The first-order chi connectivity index (χ1) is 19.5. The van der Waals surface area contributed by atoms with Gasteiger partial charge in [0.2, 0.25) is 17.7 Å². The molecule has 1 aromatic heterocycles. The predicted molar refractivity (Wildman–Crippen MR) is 156 cm³/mol. The summed E-state index contributed by atoms with van der Waals surface area (Å²) >= 11 is 0. The zero-order chi connectivity index (χ0) is 30.1. The average molecular weight is 571 g/mol. The quantitative estimate of drug-likeness (QED) is 0.0940. The van der Waals surface area contributed by atoms with E-state index >= 15 is 0 Å². The number of para-hydroxylation sites is 1. The van der Waals surface area contributed by atoms with Crippen LogP contribution >= 0.6 is 0 Å². The molecule has 5 unspecified atom stereocenters. The summed E-state index contributed by atoms with van der Waals surface area (Å²) in [4.78, 5) is 60.3. The van der Waals surface area contributed by atoms with Crippen molar-refractivity contribution in [3.8, 4) is 0 Å². The largest absolute Gasteiger partial charge is 0.480 e. The Bertz CT molecular complexity index is 1260. The Kier molecular flexibility index (Phi) is 11.1. The molecule has 0 bridgehead atoms. The molecule has 3 amide bonds. The van der Waals surface area contributed by atoms with E-state index in [1.165, 1.54) is 4.90 Å². The number of likely N-dealkylation sites (tertiary alicyclic amines) is 1. The molecule has 0 aliphatic carbocycles. The third-order valence-electron chi connectivity index (χ3n) is 7.63. The number of H-pyrrole nitrogens is 1. The number of rotatable bonds is 14. The van der Waals surface area contributed by atoms with E-state index in [9.17, 15) is 24.3 Å². The molecule has 0 spiro atoms. The molecule has 1 fully saturated rings. The van der Waals surface area contributed by atoms with Crippen molar-refractivity contribution in [3.05, 3.63) is 36.0 Å². The number of nitrogens with zero attached hydrogens (tertiary/aromatic N) is 2. The van der Waals surface area contributed by atoms with Crippen LogP contribution in [0.2, 0.25) is 0 Å². The zero-order valence-corrected chi connectivity index (χ0v) is 23.6. The van der Waals surface area contributed by atoms with Crippen molar-refractivity contribution < 1.29 is 24.3 Å². The highest BCUT2D eigenvalue weighted by atomic mass is 16.4. The molecule has 5 atom stereocenters. The second-order valence-electron chi connectivity index (χ2n) is 10.6. The van der Waals surface area contributed by atoms with Crippen LogP contribution in [0.25, 0.3) is 10.9 Å². The lowest BCUT2D eigenvalue weighted by Crippen LogP contribution is -2.58. The SMILES string of the molecule is CCC(C)C(NC(=O)C(N)Cc1c[nH]c2ccccc12)C(=O)NC(CCCN=C(N)N)C(=O)N1CCCC1C(=O)O. The lowest BCUT2D eigenvalue weighted by molar-refractivity contribution is -0.149. The molecule has 13 heteroatoms. The van der Waals surface area contributed by atoms with E-state index in [0.717, 1.165) is 16.5 Å². The highest BCUT2D eigenvalue weighted by Crippen LogP contribution is 2.21. The molecule has 224 valence electrons. The van der Waals surface area contributed by atoms with E-state index in [1.54, 1.807) is 0 Å². The summed E-state index contributed by atoms with van der Waals surface area (Å²) in [5.74, 6) is -2.97. The molecule has 41 heavy (non-hydrogen) atoms. The number of carboxylic acid groups (broad SMARTS) is 1. The van der Waals surface area contributed by atoms with Gasteiger partial charge in [-0.25, -0.2) is 4.79 Å². The maximum absolute atomic E-state index is 13.6. The smallest absolute Gasteiger partial charge is 0.326 e. The van der Waals surface area contributed by atoms with Gasteiger partial charge >= 0.3 is 5.97 Å². The minimum atomic E-state index is -1.09. The fraction of sp³-hybridized carbons (Fsp3) is 0.536. The first-order valence-electron chi connectivity index (χ1n) is 14.0. The van der Waals surface area contributed by atoms with Crippen molar-refractivity contribution >= 4 is 40.6 Å². The molecule has 1 saturated heterocycles. The summed E-state index contributed by atoms with van der Waals surface area (Å²) in [6.45, 7) is 4.23. The van der Waals surface area contributed by atoms with E-state index in [2.05, 4.69) is 20.6 Å². The van der Waals surface area contributed by atoms with Gasteiger partial charge in [-0.3, -0.25) is 19.4 Å². The van der Waals surface area contributed by atoms with Crippen LogP contribution in [-0.4, -0.2) is 81.9 Å². The second-order valence-corrected chi connectivity index (χ2v) is 10.6. The van der Waals surface area contributed by atoms with Gasteiger partial charge in [0.25, 0.3) is 0 Å². The van der Waals surface area contributed by atoms with Crippen molar-refractivity contribution in [2.45, 2.75) is 76.5 Å². The van der Waals surface area contributed by atoms with Crippen molar-refractivity contribution in [1.82, 2.24) is 20.5 Å². The topological polar surface area (TPSA) is 222 Å². The van der Waals surface area contributed by atoms with E-state index < -0.39 is 47.9 Å². The number of carboxylic acids is 1. The Labute approximate surface area is 239 Å². The second kappa shape index (κ2) is 14.5. The molecule has 0 radical (unpaired) electrons. The van der Waals surface area contributed by atoms with Gasteiger partial charge < -0.3 is 42.8 Å². The third-order valence-corrected chi connectivity index (χ3v) is 7.63. The summed E-state index contributed by atoms with van der Waals surface area (Å²) in [5, 5.41) is 16.1. The molecule has 13 nitrogen and oxygen atoms in total. The summed E-state index contributed by atoms with van der Waals surface area (Å²) in [5.41, 5.74) is 18.9. The Morgan fingerprint density at radius 2 is 1.90 bits per heavy atom. The third kappa shape index (κ3) is 8.19. The number of aliphatic imine (C=N–C) groups is 1. The van der Waals surface area contributed by atoms with Crippen LogP contribution in [0.15, 0.2) is 35.5 Å². The molecule has 3 rings (SSSR count). The van der Waals surface area contributed by atoms with Crippen molar-refractivity contribution in [2.24, 2.45) is 28.1 Å². The number of guanidine groups is 1. The number of carbonyl (C=O) groups excluding carboxylic acids is 3. The molecular weight excluding hydrogens is 528 g/mol. The number of carbonyl (C=O) groups is 4. The van der Waals surface area contributed by atoms with Gasteiger partial charge in [-0.15, -0.1) is 0 Å². The minimum absolute atomic E-state index is 0.0917. The molecule has 1 aliphatic heterocycles.